The van der Waals surface area contributed by atoms with E-state index < -0.39 is 0 Å². The van der Waals surface area contributed by atoms with Crippen LogP contribution in [0.1, 0.15) is 42.5 Å². The highest BCUT2D eigenvalue weighted by atomic mass is 32.1. The molecule has 1 aliphatic rings. The fourth-order valence-electron chi connectivity index (χ4n) is 4.96. The number of carbonyl (C=O) groups excluding carboxylic acids is 1. The summed E-state index contributed by atoms with van der Waals surface area (Å²) in [5.74, 6) is 1.55. The molecule has 1 atom stereocenters. The molecule has 0 saturated carbocycles. The number of aromatic nitrogens is 3. The smallest absolute Gasteiger partial charge is 0.227 e. The van der Waals surface area contributed by atoms with E-state index in [1.54, 1.807) is 6.20 Å². The van der Waals surface area contributed by atoms with E-state index in [2.05, 4.69) is 53.5 Å². The van der Waals surface area contributed by atoms with Crippen molar-refractivity contribution in [2.24, 2.45) is 5.73 Å². The standard InChI is InChI=1S/C28H33N7OS/c1-4-20-17(3)6-7-22(21(20)5-2)31-24-9-8-23-27(33-24)37-28(32-23)34-25-14-18(10-12-30-25)15-26(36)35-13-11-19(29)16-35/h6-10,12,14,19H,4-5,11,13,15-16,29H2,1-3H3,(H,31,33)(H,30,32,34)/t19-/m0/s1. The van der Waals surface area contributed by atoms with Crippen LogP contribution in [0.3, 0.4) is 0 Å². The third-order valence-electron chi connectivity index (χ3n) is 6.88. The van der Waals surface area contributed by atoms with Crippen molar-refractivity contribution in [1.29, 1.82) is 0 Å². The van der Waals surface area contributed by atoms with Gasteiger partial charge in [0, 0.05) is 31.0 Å². The number of nitrogens with one attached hydrogen (secondary N) is 2. The van der Waals surface area contributed by atoms with E-state index in [1.165, 1.54) is 28.0 Å². The summed E-state index contributed by atoms with van der Waals surface area (Å²) in [4.78, 5) is 29.2. The normalized spacial score (nSPS) is 15.4. The van der Waals surface area contributed by atoms with E-state index >= 15 is 0 Å². The Balaban J connectivity index is 1.30. The lowest BCUT2D eigenvalue weighted by Gasteiger charge is -2.16. The van der Waals surface area contributed by atoms with Crippen LogP contribution in [0.5, 0.6) is 0 Å². The molecule has 0 aliphatic carbocycles. The van der Waals surface area contributed by atoms with Gasteiger partial charge in [-0.1, -0.05) is 31.3 Å². The zero-order valence-corrected chi connectivity index (χ0v) is 22.4. The summed E-state index contributed by atoms with van der Waals surface area (Å²) in [7, 11) is 0. The number of anilines is 4. The summed E-state index contributed by atoms with van der Waals surface area (Å²) in [6.45, 7) is 7.93. The number of nitrogens with zero attached hydrogens (tertiary/aromatic N) is 4. The maximum absolute atomic E-state index is 12.6. The molecule has 4 N–H and O–H groups in total. The van der Waals surface area contributed by atoms with E-state index in [0.717, 1.165) is 53.2 Å². The second kappa shape index (κ2) is 10.8. The molecular weight excluding hydrogens is 482 g/mol. The van der Waals surface area contributed by atoms with Crippen molar-refractivity contribution in [3.63, 3.8) is 0 Å². The van der Waals surface area contributed by atoms with Gasteiger partial charge in [0.15, 0.2) is 5.13 Å². The number of hydrogen-bond donors (Lipinski definition) is 3. The lowest BCUT2D eigenvalue weighted by molar-refractivity contribution is -0.129. The van der Waals surface area contributed by atoms with Crippen molar-refractivity contribution in [3.8, 4) is 0 Å². The molecule has 0 bridgehead atoms. The SMILES string of the molecule is CCc1c(C)ccc(Nc2ccc3nc(Nc4cc(CC(=O)N5CC[C@H](N)C5)ccn4)sc3n2)c1CC. The number of pyridine rings is 2. The zero-order chi connectivity index (χ0) is 25.9. The summed E-state index contributed by atoms with van der Waals surface area (Å²) in [6, 6.07) is 12.1. The zero-order valence-electron chi connectivity index (χ0n) is 21.5. The van der Waals surface area contributed by atoms with Gasteiger partial charge in [-0.3, -0.25) is 4.79 Å². The monoisotopic (exact) mass is 515 g/mol. The molecule has 1 aromatic carbocycles. The number of aryl methyl sites for hydroxylation is 1. The van der Waals surface area contributed by atoms with Crippen molar-refractivity contribution < 1.29 is 4.79 Å². The average Bonchev–Trinajstić information content (AvgIpc) is 3.50. The van der Waals surface area contributed by atoms with Gasteiger partial charge in [-0.2, -0.15) is 0 Å². The van der Waals surface area contributed by atoms with Crippen LogP contribution in [0.2, 0.25) is 0 Å². The maximum Gasteiger partial charge on any atom is 0.227 e. The number of carbonyl (C=O) groups is 1. The van der Waals surface area contributed by atoms with Gasteiger partial charge in [-0.15, -0.1) is 0 Å². The number of likely N-dealkylation sites (tertiary alicyclic amines) is 1. The number of nitrogens with two attached hydrogens (primary N) is 1. The summed E-state index contributed by atoms with van der Waals surface area (Å²) in [5.41, 5.74) is 12.9. The Kier molecular flexibility index (Phi) is 7.34. The van der Waals surface area contributed by atoms with E-state index in [4.69, 9.17) is 10.7 Å². The summed E-state index contributed by atoms with van der Waals surface area (Å²) in [6.07, 6.45) is 4.89. The van der Waals surface area contributed by atoms with Crippen LogP contribution < -0.4 is 16.4 Å². The van der Waals surface area contributed by atoms with Crippen molar-refractivity contribution in [1.82, 2.24) is 19.9 Å². The number of hydrogen-bond acceptors (Lipinski definition) is 8. The number of thiazole rings is 1. The molecule has 5 rings (SSSR count). The minimum absolute atomic E-state index is 0.0846. The summed E-state index contributed by atoms with van der Waals surface area (Å²) < 4.78 is 0. The van der Waals surface area contributed by atoms with Crippen LogP contribution in [0.25, 0.3) is 10.3 Å². The molecule has 1 fully saturated rings. The number of fused-ring (bicyclic) bond motifs is 1. The predicted molar refractivity (Wildman–Crippen MR) is 151 cm³/mol. The fourth-order valence-corrected chi connectivity index (χ4v) is 5.81. The molecule has 8 nitrogen and oxygen atoms in total. The molecule has 4 aromatic rings. The fraction of sp³-hybridized carbons (Fsp3) is 0.357. The van der Waals surface area contributed by atoms with Crippen LogP contribution in [0, 0.1) is 6.92 Å². The van der Waals surface area contributed by atoms with E-state index in [1.807, 2.05) is 29.2 Å². The highest BCUT2D eigenvalue weighted by molar-refractivity contribution is 7.21. The van der Waals surface area contributed by atoms with Gasteiger partial charge < -0.3 is 21.3 Å². The topological polar surface area (TPSA) is 109 Å². The van der Waals surface area contributed by atoms with Crippen molar-refractivity contribution >= 4 is 50.0 Å². The third kappa shape index (κ3) is 5.57. The van der Waals surface area contributed by atoms with Gasteiger partial charge in [0.25, 0.3) is 0 Å². The molecule has 9 heteroatoms. The molecule has 192 valence electrons. The Labute approximate surface area is 221 Å². The minimum atomic E-state index is 0.0846. The lowest BCUT2D eigenvalue weighted by atomic mass is 9.96. The molecule has 1 aliphatic heterocycles. The Bertz CT molecular complexity index is 1430. The Hall–Kier alpha value is -3.56. The second-order valence-corrected chi connectivity index (χ2v) is 10.5. The Morgan fingerprint density at radius 1 is 1.08 bits per heavy atom. The average molecular weight is 516 g/mol. The number of rotatable bonds is 8. The molecule has 0 radical (unpaired) electrons. The summed E-state index contributed by atoms with van der Waals surface area (Å²) >= 11 is 1.47. The van der Waals surface area contributed by atoms with Crippen LogP contribution in [-0.2, 0) is 24.1 Å². The number of amides is 1. The molecule has 0 spiro atoms. The molecular formula is C28H33N7OS. The largest absolute Gasteiger partial charge is 0.341 e. The van der Waals surface area contributed by atoms with Crippen LogP contribution in [0.4, 0.5) is 22.5 Å². The van der Waals surface area contributed by atoms with Gasteiger partial charge in [0.05, 0.1) is 6.42 Å². The van der Waals surface area contributed by atoms with E-state index in [0.29, 0.717) is 23.9 Å². The Morgan fingerprint density at radius 2 is 1.92 bits per heavy atom. The van der Waals surface area contributed by atoms with Crippen molar-refractivity contribution in [3.05, 3.63) is 64.8 Å². The summed E-state index contributed by atoms with van der Waals surface area (Å²) in [5, 5.41) is 7.51. The van der Waals surface area contributed by atoms with Crippen LogP contribution in [-0.4, -0.2) is 44.9 Å². The van der Waals surface area contributed by atoms with Gasteiger partial charge in [-0.05, 0) is 78.8 Å². The van der Waals surface area contributed by atoms with Gasteiger partial charge >= 0.3 is 0 Å². The first-order valence-electron chi connectivity index (χ1n) is 12.8. The molecule has 37 heavy (non-hydrogen) atoms. The van der Waals surface area contributed by atoms with E-state index in [9.17, 15) is 4.79 Å². The van der Waals surface area contributed by atoms with Gasteiger partial charge in [0.2, 0.25) is 5.91 Å². The van der Waals surface area contributed by atoms with Crippen LogP contribution in [0.15, 0.2) is 42.6 Å². The van der Waals surface area contributed by atoms with Gasteiger partial charge in [-0.25, -0.2) is 15.0 Å². The highest BCUT2D eigenvalue weighted by Crippen LogP contribution is 2.31. The molecule has 1 saturated heterocycles. The van der Waals surface area contributed by atoms with E-state index in [-0.39, 0.29) is 11.9 Å². The lowest BCUT2D eigenvalue weighted by Crippen LogP contribution is -2.32. The quantitative estimate of drug-likeness (QED) is 0.299. The second-order valence-electron chi connectivity index (χ2n) is 9.50. The van der Waals surface area contributed by atoms with Crippen molar-refractivity contribution in [2.75, 3.05) is 23.7 Å². The predicted octanol–water partition coefficient (Wildman–Crippen LogP) is 5.11. The van der Waals surface area contributed by atoms with Crippen LogP contribution >= 0.6 is 11.3 Å². The molecule has 0 unspecified atom stereocenters. The first-order chi connectivity index (χ1) is 17.9. The number of benzene rings is 1. The molecule has 3 aromatic heterocycles. The first-order valence-corrected chi connectivity index (χ1v) is 13.7. The Morgan fingerprint density at radius 3 is 2.68 bits per heavy atom. The molecule has 1 amide bonds. The van der Waals surface area contributed by atoms with Crippen molar-refractivity contribution in [2.45, 2.75) is 52.5 Å². The highest BCUT2D eigenvalue weighted by Gasteiger charge is 2.23. The first kappa shape index (κ1) is 25.1. The minimum Gasteiger partial charge on any atom is -0.341 e. The maximum atomic E-state index is 12.6. The molecule has 4 heterocycles. The third-order valence-corrected chi connectivity index (χ3v) is 7.76. The van der Waals surface area contributed by atoms with Gasteiger partial charge in [0.1, 0.15) is 22.0 Å².